The predicted molar refractivity (Wildman–Crippen MR) is 76.4 cm³/mol. The van der Waals surface area contributed by atoms with Crippen molar-refractivity contribution in [3.8, 4) is 0 Å². The average Bonchev–Trinajstić information content (AvgIpc) is 2.92. The van der Waals surface area contributed by atoms with Crippen LogP contribution in [0.1, 0.15) is 32.4 Å². The number of carboxylic acid groups (broad SMARTS) is 1. The van der Waals surface area contributed by atoms with Gasteiger partial charge in [-0.15, -0.1) is 0 Å². The smallest absolute Gasteiger partial charge is 0.307 e. The highest BCUT2D eigenvalue weighted by molar-refractivity contribution is 6.30. The number of rotatable bonds is 4. The van der Waals surface area contributed by atoms with Crippen LogP contribution in [0, 0.1) is 17.3 Å². The van der Waals surface area contributed by atoms with Gasteiger partial charge in [0.2, 0.25) is 5.91 Å². The molecule has 2 N–H and O–H groups in total. The molecule has 0 bridgehead atoms. The highest BCUT2D eigenvalue weighted by atomic mass is 35.5. The van der Waals surface area contributed by atoms with Crippen LogP contribution in [0.5, 0.6) is 0 Å². The van der Waals surface area contributed by atoms with Crippen LogP contribution in [0.3, 0.4) is 0 Å². The third-order valence-corrected chi connectivity index (χ3v) is 4.32. The molecule has 5 heteroatoms. The summed E-state index contributed by atoms with van der Waals surface area (Å²) in [6, 6.07) is 7.06. The average molecular weight is 296 g/mol. The van der Waals surface area contributed by atoms with Crippen molar-refractivity contribution in [3.63, 3.8) is 0 Å². The van der Waals surface area contributed by atoms with Gasteiger partial charge in [0.15, 0.2) is 0 Å². The summed E-state index contributed by atoms with van der Waals surface area (Å²) in [4.78, 5) is 23.3. The van der Waals surface area contributed by atoms with Crippen LogP contribution in [0.15, 0.2) is 24.3 Å². The van der Waals surface area contributed by atoms with Gasteiger partial charge in [-0.2, -0.15) is 0 Å². The lowest BCUT2D eigenvalue weighted by molar-refractivity contribution is -0.140. The lowest BCUT2D eigenvalue weighted by Crippen LogP contribution is -2.30. The Labute approximate surface area is 123 Å². The number of carbonyl (C=O) groups is 2. The first-order chi connectivity index (χ1) is 9.25. The Morgan fingerprint density at radius 1 is 1.35 bits per heavy atom. The van der Waals surface area contributed by atoms with E-state index in [9.17, 15) is 9.59 Å². The summed E-state index contributed by atoms with van der Waals surface area (Å²) in [6.07, 6.45) is 0. The van der Waals surface area contributed by atoms with Crippen molar-refractivity contribution >= 4 is 23.5 Å². The third-order valence-electron chi connectivity index (χ3n) is 4.08. The van der Waals surface area contributed by atoms with E-state index in [0.29, 0.717) is 5.02 Å². The molecule has 4 nitrogen and oxygen atoms in total. The Balaban J connectivity index is 2.04. The summed E-state index contributed by atoms with van der Waals surface area (Å²) in [7, 11) is 0. The number of hydrogen-bond donors (Lipinski definition) is 2. The maximum atomic E-state index is 12.2. The fraction of sp³-hybridized carbons (Fsp3) is 0.467. The Hall–Kier alpha value is -1.55. The number of halogens is 1. The van der Waals surface area contributed by atoms with Crippen molar-refractivity contribution in [2.45, 2.75) is 26.8 Å². The van der Waals surface area contributed by atoms with Gasteiger partial charge in [-0.3, -0.25) is 9.59 Å². The highest BCUT2D eigenvalue weighted by Gasteiger charge is 2.65. The van der Waals surface area contributed by atoms with E-state index in [-0.39, 0.29) is 11.9 Å². The van der Waals surface area contributed by atoms with Crippen LogP contribution < -0.4 is 5.32 Å². The molecule has 2 rings (SSSR count). The summed E-state index contributed by atoms with van der Waals surface area (Å²) in [5.41, 5.74) is 0.417. The first-order valence-corrected chi connectivity index (χ1v) is 6.91. The van der Waals surface area contributed by atoms with Crippen molar-refractivity contribution in [1.29, 1.82) is 0 Å². The molecule has 3 atom stereocenters. The molecule has 1 aliphatic carbocycles. The molecule has 1 aromatic rings. The summed E-state index contributed by atoms with van der Waals surface area (Å²) in [5, 5.41) is 12.6. The van der Waals surface area contributed by atoms with Gasteiger partial charge in [0.05, 0.1) is 17.9 Å². The zero-order valence-corrected chi connectivity index (χ0v) is 12.4. The molecule has 0 aliphatic heterocycles. The van der Waals surface area contributed by atoms with Crippen molar-refractivity contribution in [2.75, 3.05) is 0 Å². The van der Waals surface area contributed by atoms with Gasteiger partial charge >= 0.3 is 5.97 Å². The van der Waals surface area contributed by atoms with Gasteiger partial charge in [-0.25, -0.2) is 0 Å². The van der Waals surface area contributed by atoms with E-state index in [4.69, 9.17) is 16.7 Å². The third kappa shape index (κ3) is 2.66. The van der Waals surface area contributed by atoms with Crippen LogP contribution in [-0.2, 0) is 9.59 Å². The topological polar surface area (TPSA) is 66.4 Å². The number of nitrogens with one attached hydrogen (secondary N) is 1. The molecule has 0 saturated heterocycles. The van der Waals surface area contributed by atoms with Gasteiger partial charge in [0.1, 0.15) is 0 Å². The SMILES string of the molecule is C[C@@H](NC(=O)C1C(C(=O)O)C1(C)C)c1cccc(Cl)c1. The normalized spacial score (nSPS) is 24.8. The molecule has 0 spiro atoms. The van der Waals surface area contributed by atoms with Crippen molar-refractivity contribution in [3.05, 3.63) is 34.9 Å². The summed E-state index contributed by atoms with van der Waals surface area (Å²) in [5.74, 6) is -2.20. The second-order valence-electron chi connectivity index (χ2n) is 5.90. The fourth-order valence-electron chi connectivity index (χ4n) is 2.75. The summed E-state index contributed by atoms with van der Waals surface area (Å²) < 4.78 is 0. The number of amides is 1. The van der Waals surface area contributed by atoms with Gasteiger partial charge in [0, 0.05) is 5.02 Å². The minimum absolute atomic E-state index is 0.202. The van der Waals surface area contributed by atoms with Crippen LogP contribution in [0.2, 0.25) is 5.02 Å². The Morgan fingerprint density at radius 2 is 2.00 bits per heavy atom. The molecule has 1 aliphatic rings. The largest absolute Gasteiger partial charge is 0.481 e. The number of hydrogen-bond acceptors (Lipinski definition) is 2. The van der Waals surface area contributed by atoms with E-state index >= 15 is 0 Å². The second-order valence-corrected chi connectivity index (χ2v) is 6.34. The maximum Gasteiger partial charge on any atom is 0.307 e. The number of carboxylic acids is 1. The Morgan fingerprint density at radius 3 is 2.50 bits per heavy atom. The molecule has 0 aromatic heterocycles. The van der Waals surface area contributed by atoms with Crippen LogP contribution in [0.4, 0.5) is 0 Å². The fourth-order valence-corrected chi connectivity index (χ4v) is 2.95. The first-order valence-electron chi connectivity index (χ1n) is 6.53. The zero-order valence-electron chi connectivity index (χ0n) is 11.7. The van der Waals surface area contributed by atoms with E-state index in [0.717, 1.165) is 5.56 Å². The van der Waals surface area contributed by atoms with Gasteiger partial charge < -0.3 is 10.4 Å². The van der Waals surface area contributed by atoms with Gasteiger partial charge in [-0.1, -0.05) is 37.6 Å². The summed E-state index contributed by atoms with van der Waals surface area (Å²) >= 11 is 5.92. The number of benzene rings is 1. The quantitative estimate of drug-likeness (QED) is 0.897. The number of carbonyl (C=O) groups excluding carboxylic acids is 1. The standard InChI is InChI=1S/C15H18ClNO3/c1-8(9-5-4-6-10(16)7-9)17-13(18)11-12(14(19)20)15(11,2)3/h4-8,11-12H,1-3H3,(H,17,18)(H,19,20)/t8-,11?,12?/m1/s1. The van der Waals surface area contributed by atoms with E-state index < -0.39 is 23.2 Å². The molecule has 0 heterocycles. The molecule has 2 unspecified atom stereocenters. The van der Waals surface area contributed by atoms with Crippen LogP contribution in [-0.4, -0.2) is 17.0 Å². The summed E-state index contributed by atoms with van der Waals surface area (Å²) in [6.45, 7) is 5.47. The van der Waals surface area contributed by atoms with Crippen LogP contribution in [0.25, 0.3) is 0 Å². The van der Waals surface area contributed by atoms with E-state index in [1.165, 1.54) is 0 Å². The molecule has 108 valence electrons. The Bertz CT molecular complexity index is 556. The van der Waals surface area contributed by atoms with E-state index in [1.807, 2.05) is 19.1 Å². The molecule has 20 heavy (non-hydrogen) atoms. The van der Waals surface area contributed by atoms with Crippen molar-refractivity contribution in [1.82, 2.24) is 5.32 Å². The Kier molecular flexibility index (Phi) is 3.78. The first kappa shape index (κ1) is 14.9. The van der Waals surface area contributed by atoms with Gasteiger partial charge in [-0.05, 0) is 30.0 Å². The minimum atomic E-state index is -0.912. The van der Waals surface area contributed by atoms with Crippen LogP contribution >= 0.6 is 11.6 Å². The monoisotopic (exact) mass is 295 g/mol. The second kappa shape index (κ2) is 5.09. The lowest BCUT2D eigenvalue weighted by atomic mass is 10.1. The van der Waals surface area contributed by atoms with Crippen molar-refractivity contribution in [2.24, 2.45) is 17.3 Å². The minimum Gasteiger partial charge on any atom is -0.481 e. The molecule has 1 fully saturated rings. The highest BCUT2D eigenvalue weighted by Crippen LogP contribution is 2.58. The van der Waals surface area contributed by atoms with Gasteiger partial charge in [0.25, 0.3) is 0 Å². The predicted octanol–water partition coefficient (Wildman–Crippen LogP) is 2.87. The molecular weight excluding hydrogens is 278 g/mol. The van der Waals surface area contributed by atoms with E-state index in [1.54, 1.807) is 26.0 Å². The molecule has 1 saturated carbocycles. The maximum absolute atomic E-state index is 12.2. The molecular formula is C15H18ClNO3. The molecule has 1 amide bonds. The lowest BCUT2D eigenvalue weighted by Gasteiger charge is -2.15. The van der Waals surface area contributed by atoms with Crippen molar-refractivity contribution < 1.29 is 14.7 Å². The molecule has 0 radical (unpaired) electrons. The zero-order chi connectivity index (χ0) is 15.1. The number of aliphatic carboxylic acids is 1. The van der Waals surface area contributed by atoms with E-state index in [2.05, 4.69) is 5.32 Å². The molecule has 1 aromatic carbocycles.